The predicted molar refractivity (Wildman–Crippen MR) is 244 cm³/mol. The molecule has 0 aliphatic carbocycles. The third-order valence-electron chi connectivity index (χ3n) is 12.6. The molecule has 1 heterocycles. The van der Waals surface area contributed by atoms with E-state index in [0.29, 0.717) is 44.3 Å². The van der Waals surface area contributed by atoms with Gasteiger partial charge in [0.05, 0.1) is 13.2 Å². The summed E-state index contributed by atoms with van der Waals surface area (Å²) < 4.78 is 17.3. The Morgan fingerprint density at radius 1 is 0.414 bits per heavy atom. The summed E-state index contributed by atoms with van der Waals surface area (Å²) in [6, 6.07) is 0. The van der Waals surface area contributed by atoms with E-state index in [2.05, 4.69) is 32.6 Å². The lowest BCUT2D eigenvalue weighted by molar-refractivity contribution is -0.150. The molecular formula is C51H97NO6. The topological polar surface area (TPSA) is 82.1 Å². The monoisotopic (exact) mass is 820 g/mol. The van der Waals surface area contributed by atoms with Crippen molar-refractivity contribution in [1.82, 2.24) is 4.90 Å². The number of nitrogens with zero attached hydrogens (tertiary/aromatic N) is 1. The molecule has 1 saturated heterocycles. The Morgan fingerprint density at radius 3 is 1.17 bits per heavy atom. The van der Waals surface area contributed by atoms with Crippen molar-refractivity contribution >= 4 is 17.9 Å². The Bertz CT molecular complexity index is 864. The summed E-state index contributed by atoms with van der Waals surface area (Å²) in [4.78, 5) is 39.8. The number of carbonyl (C=O) groups excluding carboxylic acids is 3. The van der Waals surface area contributed by atoms with Gasteiger partial charge in [-0.2, -0.15) is 0 Å². The minimum Gasteiger partial charge on any atom is -0.466 e. The Hall–Kier alpha value is -1.63. The highest BCUT2D eigenvalue weighted by molar-refractivity contribution is 5.70. The van der Waals surface area contributed by atoms with E-state index in [9.17, 15) is 14.4 Å². The number of hydrogen-bond donors (Lipinski definition) is 0. The number of unbranched alkanes of at least 4 members (excludes halogenated alkanes) is 16. The first-order valence-corrected chi connectivity index (χ1v) is 25.6. The average molecular weight is 820 g/mol. The number of ether oxygens (including phenoxy) is 3. The van der Waals surface area contributed by atoms with Crippen LogP contribution in [0.15, 0.2) is 0 Å². The van der Waals surface area contributed by atoms with Gasteiger partial charge in [0.1, 0.15) is 6.10 Å². The van der Waals surface area contributed by atoms with Crippen molar-refractivity contribution in [2.75, 3.05) is 32.8 Å². The maximum absolute atomic E-state index is 12.8. The number of carbonyl (C=O) groups is 3. The summed E-state index contributed by atoms with van der Waals surface area (Å²) in [7, 11) is 0. The van der Waals surface area contributed by atoms with Gasteiger partial charge in [0, 0.05) is 19.3 Å². The summed E-state index contributed by atoms with van der Waals surface area (Å²) >= 11 is 0. The van der Waals surface area contributed by atoms with Gasteiger partial charge in [0.15, 0.2) is 0 Å². The summed E-state index contributed by atoms with van der Waals surface area (Å²) in [6.07, 6.45) is 40.0. The maximum atomic E-state index is 12.8. The normalized spacial score (nSPS) is 13.3. The van der Waals surface area contributed by atoms with E-state index < -0.39 is 0 Å². The summed E-state index contributed by atoms with van der Waals surface area (Å²) in [5.41, 5.74) is 0. The standard InChI is InChI=1S/C51H97NO6/c1-5-9-30-46(31-10-6-2)39-44-56-49(53)36-25-21-17-13-15-19-23-34-48(58-51(55)38-29-43-52-41-27-28-42-52)35-24-20-16-14-18-22-26-37-50(54)57-45-40-47(32-11-7-3)33-12-8-4/h46-48H,5-45H2,1-4H3. The minimum atomic E-state index is -0.0189. The highest BCUT2D eigenvalue weighted by Gasteiger charge is 2.17. The second-order valence-corrected chi connectivity index (χ2v) is 18.1. The molecule has 7 nitrogen and oxygen atoms in total. The van der Waals surface area contributed by atoms with Gasteiger partial charge >= 0.3 is 17.9 Å². The van der Waals surface area contributed by atoms with E-state index in [1.54, 1.807) is 0 Å². The van der Waals surface area contributed by atoms with E-state index in [1.165, 1.54) is 154 Å². The first-order chi connectivity index (χ1) is 28.4. The molecule has 0 radical (unpaired) electrons. The van der Waals surface area contributed by atoms with E-state index in [1.807, 2.05) is 0 Å². The van der Waals surface area contributed by atoms with Crippen LogP contribution < -0.4 is 0 Å². The van der Waals surface area contributed by atoms with Crippen molar-refractivity contribution in [2.45, 2.75) is 265 Å². The lowest BCUT2D eigenvalue weighted by Crippen LogP contribution is -2.23. The SMILES string of the molecule is CCCCC(CCCC)CCOC(=O)CCCCCCCCCC(CCCCCCCCCC(=O)OCCC(CCCC)CCCC)OC(=O)CCCN1CCCC1. The molecule has 0 spiro atoms. The summed E-state index contributed by atoms with van der Waals surface area (Å²) in [6.45, 7) is 13.5. The van der Waals surface area contributed by atoms with Crippen LogP contribution in [0.25, 0.3) is 0 Å². The molecule has 7 heteroatoms. The molecule has 0 unspecified atom stereocenters. The van der Waals surface area contributed by atoms with Gasteiger partial charge < -0.3 is 19.1 Å². The van der Waals surface area contributed by atoms with E-state index in [0.717, 1.165) is 77.2 Å². The minimum absolute atomic E-state index is 0.0122. The third-order valence-corrected chi connectivity index (χ3v) is 12.6. The van der Waals surface area contributed by atoms with Gasteiger partial charge in [-0.15, -0.1) is 0 Å². The zero-order chi connectivity index (χ0) is 42.2. The highest BCUT2D eigenvalue weighted by atomic mass is 16.5. The molecule has 1 fully saturated rings. The zero-order valence-electron chi connectivity index (χ0n) is 39.1. The van der Waals surface area contributed by atoms with Crippen molar-refractivity contribution in [3.8, 4) is 0 Å². The van der Waals surface area contributed by atoms with Gasteiger partial charge in [-0.3, -0.25) is 14.4 Å². The van der Waals surface area contributed by atoms with Crippen LogP contribution in [0.5, 0.6) is 0 Å². The molecule has 0 N–H and O–H groups in total. The van der Waals surface area contributed by atoms with Crippen molar-refractivity contribution < 1.29 is 28.6 Å². The Morgan fingerprint density at radius 2 is 0.776 bits per heavy atom. The molecule has 58 heavy (non-hydrogen) atoms. The second kappa shape index (κ2) is 40.8. The van der Waals surface area contributed by atoms with E-state index in [-0.39, 0.29) is 24.0 Å². The fraction of sp³-hybridized carbons (Fsp3) is 0.941. The Labute approximate surface area is 360 Å². The van der Waals surface area contributed by atoms with Crippen molar-refractivity contribution in [3.05, 3.63) is 0 Å². The van der Waals surface area contributed by atoms with Crippen molar-refractivity contribution in [3.63, 3.8) is 0 Å². The smallest absolute Gasteiger partial charge is 0.306 e. The van der Waals surface area contributed by atoms with Gasteiger partial charge in [0.2, 0.25) is 0 Å². The number of likely N-dealkylation sites (tertiary alicyclic amines) is 1. The number of esters is 3. The van der Waals surface area contributed by atoms with Crippen LogP contribution in [-0.4, -0.2) is 61.8 Å². The van der Waals surface area contributed by atoms with Gasteiger partial charge in [-0.05, 0) is 102 Å². The molecule has 1 rings (SSSR count). The molecule has 1 aliphatic heterocycles. The molecule has 342 valence electrons. The van der Waals surface area contributed by atoms with Crippen molar-refractivity contribution in [1.29, 1.82) is 0 Å². The fourth-order valence-corrected chi connectivity index (χ4v) is 8.67. The molecule has 0 aromatic carbocycles. The van der Waals surface area contributed by atoms with Crippen LogP contribution in [0.4, 0.5) is 0 Å². The quantitative estimate of drug-likeness (QED) is 0.0344. The number of rotatable bonds is 43. The lowest BCUT2D eigenvalue weighted by atomic mass is 9.93. The molecule has 0 aromatic heterocycles. The Balaban J connectivity index is 2.21. The van der Waals surface area contributed by atoms with E-state index in [4.69, 9.17) is 14.2 Å². The van der Waals surface area contributed by atoms with Crippen LogP contribution in [0.3, 0.4) is 0 Å². The predicted octanol–water partition coefficient (Wildman–Crippen LogP) is 14.7. The highest BCUT2D eigenvalue weighted by Crippen LogP contribution is 2.22. The zero-order valence-corrected chi connectivity index (χ0v) is 39.1. The summed E-state index contributed by atoms with van der Waals surface area (Å²) in [5.74, 6) is 1.36. The average Bonchev–Trinajstić information content (AvgIpc) is 3.74. The van der Waals surface area contributed by atoms with Crippen molar-refractivity contribution in [2.24, 2.45) is 11.8 Å². The fourth-order valence-electron chi connectivity index (χ4n) is 8.67. The lowest BCUT2D eigenvalue weighted by Gasteiger charge is -2.19. The van der Waals surface area contributed by atoms with Gasteiger partial charge in [0.25, 0.3) is 0 Å². The molecule has 0 bridgehead atoms. The van der Waals surface area contributed by atoms with Crippen LogP contribution in [0.1, 0.15) is 259 Å². The molecule has 0 amide bonds. The van der Waals surface area contributed by atoms with E-state index >= 15 is 0 Å². The maximum Gasteiger partial charge on any atom is 0.306 e. The molecule has 0 saturated carbocycles. The van der Waals surface area contributed by atoms with Gasteiger partial charge in [-0.25, -0.2) is 0 Å². The summed E-state index contributed by atoms with van der Waals surface area (Å²) in [5, 5.41) is 0. The molecule has 0 aromatic rings. The van der Waals surface area contributed by atoms with Gasteiger partial charge in [-0.1, -0.05) is 169 Å². The van der Waals surface area contributed by atoms with Crippen LogP contribution in [0, 0.1) is 11.8 Å². The largest absolute Gasteiger partial charge is 0.466 e. The molecular weight excluding hydrogens is 723 g/mol. The van der Waals surface area contributed by atoms with Crippen LogP contribution in [0.2, 0.25) is 0 Å². The first-order valence-electron chi connectivity index (χ1n) is 25.6. The third kappa shape index (κ3) is 34.1. The second-order valence-electron chi connectivity index (χ2n) is 18.1. The Kier molecular flexibility index (Phi) is 38.2. The molecule has 0 atom stereocenters. The first kappa shape index (κ1) is 54.4. The van der Waals surface area contributed by atoms with Crippen LogP contribution >= 0.6 is 0 Å². The molecule has 1 aliphatic rings. The van der Waals surface area contributed by atoms with Crippen LogP contribution in [-0.2, 0) is 28.6 Å². The number of hydrogen-bond acceptors (Lipinski definition) is 7.